The Balaban J connectivity index is 4.26. The molecule has 8 heteroatoms. The zero-order chi connectivity index (χ0) is 10.5. The van der Waals surface area contributed by atoms with Crippen LogP contribution in [0.25, 0.3) is 10.4 Å². The van der Waals surface area contributed by atoms with Crippen LogP contribution < -0.4 is 0 Å². The van der Waals surface area contributed by atoms with E-state index in [-0.39, 0.29) is 0 Å². The van der Waals surface area contributed by atoms with E-state index in [4.69, 9.17) is 10.6 Å². The van der Waals surface area contributed by atoms with Crippen molar-refractivity contribution in [2.75, 3.05) is 6.54 Å². The van der Waals surface area contributed by atoms with Crippen LogP contribution in [0.15, 0.2) is 5.11 Å². The first-order valence-corrected chi connectivity index (χ1v) is 3.17. The van der Waals surface area contributed by atoms with Gasteiger partial charge in [0.1, 0.15) is 0 Å². The van der Waals surface area contributed by atoms with Crippen molar-refractivity contribution in [3.8, 4) is 0 Å². The lowest BCUT2D eigenvalue weighted by Crippen LogP contribution is -2.24. The highest BCUT2D eigenvalue weighted by molar-refractivity contribution is 5.70. The summed E-state index contributed by atoms with van der Waals surface area (Å²) in [6.45, 7) is -0.689. The molecule has 5 nitrogen and oxygen atoms in total. The number of alkyl halides is 3. The van der Waals surface area contributed by atoms with Gasteiger partial charge in [-0.15, -0.1) is 0 Å². The van der Waals surface area contributed by atoms with E-state index in [1.54, 1.807) is 0 Å². The van der Waals surface area contributed by atoms with Crippen molar-refractivity contribution < 1.29 is 23.1 Å². The molecule has 0 radical (unpaired) electrons. The van der Waals surface area contributed by atoms with Gasteiger partial charge in [-0.1, -0.05) is 5.11 Å². The third-order valence-corrected chi connectivity index (χ3v) is 1.19. The highest BCUT2D eigenvalue weighted by Gasteiger charge is 2.34. The van der Waals surface area contributed by atoms with Gasteiger partial charge in [-0.25, -0.2) is 0 Å². The van der Waals surface area contributed by atoms with E-state index in [0.717, 1.165) is 0 Å². The molecule has 1 atom stereocenters. The van der Waals surface area contributed by atoms with Crippen molar-refractivity contribution in [3.05, 3.63) is 10.4 Å². The maximum Gasteiger partial charge on any atom is 0.389 e. The van der Waals surface area contributed by atoms with E-state index in [2.05, 4.69) is 10.0 Å². The van der Waals surface area contributed by atoms with Gasteiger partial charge in [0.15, 0.2) is 0 Å². The summed E-state index contributed by atoms with van der Waals surface area (Å²) in [4.78, 5) is 12.4. The Morgan fingerprint density at radius 2 is 2.15 bits per heavy atom. The normalized spacial score (nSPS) is 13.2. The molecule has 0 spiro atoms. The molecule has 0 aromatic rings. The minimum atomic E-state index is -4.56. The second-order valence-electron chi connectivity index (χ2n) is 2.27. The summed E-state index contributed by atoms with van der Waals surface area (Å²) in [5.41, 5.74) is 7.78. The molecule has 0 rings (SSSR count). The predicted molar refractivity (Wildman–Crippen MR) is 35.8 cm³/mol. The van der Waals surface area contributed by atoms with Crippen LogP contribution in [0.3, 0.4) is 0 Å². The number of aliphatic carboxylic acids is 1. The molecule has 13 heavy (non-hydrogen) atoms. The molecule has 0 saturated carbocycles. The van der Waals surface area contributed by atoms with Crippen LogP contribution in [-0.2, 0) is 4.79 Å². The van der Waals surface area contributed by atoms with E-state index < -0.39 is 31.0 Å². The zero-order valence-electron chi connectivity index (χ0n) is 6.32. The lowest BCUT2D eigenvalue weighted by Gasteiger charge is -2.11. The number of carboxylic acid groups (broad SMARTS) is 1. The van der Waals surface area contributed by atoms with Gasteiger partial charge in [-0.2, -0.15) is 13.2 Å². The minimum absolute atomic E-state index is 0.689. The summed E-state index contributed by atoms with van der Waals surface area (Å²) in [5.74, 6) is -3.32. The summed E-state index contributed by atoms with van der Waals surface area (Å²) in [6.07, 6.45) is -6.05. The molecule has 0 aromatic heterocycles. The second-order valence-corrected chi connectivity index (χ2v) is 2.27. The van der Waals surface area contributed by atoms with Crippen molar-refractivity contribution in [1.82, 2.24) is 0 Å². The number of hydrogen-bond donors (Lipinski definition) is 1. The highest BCUT2D eigenvalue weighted by Crippen LogP contribution is 2.25. The number of halogens is 3. The molecule has 74 valence electrons. The molecule has 0 amide bonds. The summed E-state index contributed by atoms with van der Waals surface area (Å²) in [7, 11) is 0. The average molecular weight is 197 g/mol. The Hall–Kier alpha value is -1.43. The molecule has 0 fully saturated rings. The van der Waals surface area contributed by atoms with Gasteiger partial charge in [0, 0.05) is 11.5 Å². The molecule has 0 aliphatic carbocycles. The Morgan fingerprint density at radius 3 is 2.46 bits per heavy atom. The summed E-state index contributed by atoms with van der Waals surface area (Å²) in [5, 5.41) is 11.1. The predicted octanol–water partition coefficient (Wildman–Crippen LogP) is 1.95. The van der Waals surface area contributed by atoms with E-state index >= 15 is 0 Å². The lowest BCUT2D eigenvalue weighted by molar-refractivity contribution is -0.162. The van der Waals surface area contributed by atoms with E-state index in [0.29, 0.717) is 0 Å². The maximum atomic E-state index is 11.7. The fourth-order valence-electron chi connectivity index (χ4n) is 0.644. The molecule has 1 N–H and O–H groups in total. The van der Waals surface area contributed by atoms with Crippen molar-refractivity contribution in [1.29, 1.82) is 0 Å². The molecule has 0 bridgehead atoms. The van der Waals surface area contributed by atoms with Crippen LogP contribution >= 0.6 is 0 Å². The van der Waals surface area contributed by atoms with Gasteiger partial charge in [0.2, 0.25) is 0 Å². The monoisotopic (exact) mass is 197 g/mol. The smallest absolute Gasteiger partial charge is 0.389 e. The van der Waals surface area contributed by atoms with Crippen LogP contribution in [0.1, 0.15) is 6.42 Å². The van der Waals surface area contributed by atoms with Gasteiger partial charge < -0.3 is 5.11 Å². The minimum Gasteiger partial charge on any atom is -0.481 e. The number of rotatable bonds is 4. The van der Waals surface area contributed by atoms with E-state index in [9.17, 15) is 18.0 Å². The Kier molecular flexibility index (Phi) is 4.06. The van der Waals surface area contributed by atoms with Crippen molar-refractivity contribution >= 4 is 5.97 Å². The molecule has 0 aliphatic rings. The number of carboxylic acids is 1. The summed E-state index contributed by atoms with van der Waals surface area (Å²) in [6, 6.07) is 0. The van der Waals surface area contributed by atoms with Gasteiger partial charge in [-0.3, -0.25) is 4.79 Å². The standard InChI is InChI=1S/C5H6F3N3O2/c6-5(7,8)1-3(4(12)13)2-10-11-9/h3H,1-2H2,(H,12,13). The van der Waals surface area contributed by atoms with E-state index in [1.807, 2.05) is 0 Å². The first-order valence-electron chi connectivity index (χ1n) is 3.17. The third kappa shape index (κ3) is 5.80. The van der Waals surface area contributed by atoms with Crippen LogP contribution in [0.5, 0.6) is 0 Å². The number of carbonyl (C=O) groups is 1. The Bertz CT molecular complexity index is 234. The Labute approximate surface area is 70.8 Å². The fourth-order valence-corrected chi connectivity index (χ4v) is 0.644. The first kappa shape index (κ1) is 11.6. The van der Waals surface area contributed by atoms with Crippen LogP contribution in [-0.4, -0.2) is 23.8 Å². The lowest BCUT2D eigenvalue weighted by atomic mass is 10.1. The van der Waals surface area contributed by atoms with Crippen molar-refractivity contribution in [2.24, 2.45) is 11.0 Å². The Morgan fingerprint density at radius 1 is 1.62 bits per heavy atom. The van der Waals surface area contributed by atoms with Crippen molar-refractivity contribution in [2.45, 2.75) is 12.6 Å². The van der Waals surface area contributed by atoms with E-state index in [1.165, 1.54) is 0 Å². The SMILES string of the molecule is [N-]=[N+]=NCC(CC(F)(F)F)C(=O)O. The summed E-state index contributed by atoms with van der Waals surface area (Å²) >= 11 is 0. The van der Waals surface area contributed by atoms with Crippen LogP contribution in [0.4, 0.5) is 13.2 Å². The van der Waals surface area contributed by atoms with Crippen molar-refractivity contribution in [3.63, 3.8) is 0 Å². The van der Waals surface area contributed by atoms with Gasteiger partial charge in [-0.05, 0) is 5.53 Å². The molecule has 0 aromatic carbocycles. The first-order chi connectivity index (χ1) is 5.87. The quantitative estimate of drug-likeness (QED) is 0.424. The van der Waals surface area contributed by atoms with Crippen LogP contribution in [0.2, 0.25) is 0 Å². The number of azide groups is 1. The molecule has 0 heterocycles. The topological polar surface area (TPSA) is 86.1 Å². The zero-order valence-corrected chi connectivity index (χ0v) is 6.32. The number of hydrogen-bond acceptors (Lipinski definition) is 2. The molecular formula is C5H6F3N3O2. The second kappa shape index (κ2) is 4.56. The molecular weight excluding hydrogens is 191 g/mol. The fraction of sp³-hybridized carbons (Fsp3) is 0.800. The molecule has 1 unspecified atom stereocenters. The third-order valence-electron chi connectivity index (χ3n) is 1.19. The van der Waals surface area contributed by atoms with Gasteiger partial charge >= 0.3 is 12.1 Å². The largest absolute Gasteiger partial charge is 0.481 e. The summed E-state index contributed by atoms with van der Waals surface area (Å²) < 4.78 is 35.1. The maximum absolute atomic E-state index is 11.7. The average Bonchev–Trinajstić information content (AvgIpc) is 1.95. The van der Waals surface area contributed by atoms with Gasteiger partial charge in [0.25, 0.3) is 0 Å². The molecule has 0 saturated heterocycles. The van der Waals surface area contributed by atoms with Gasteiger partial charge in [0.05, 0.1) is 12.3 Å². The highest BCUT2D eigenvalue weighted by atomic mass is 19.4. The van der Waals surface area contributed by atoms with Crippen LogP contribution in [0, 0.1) is 5.92 Å². The molecule has 0 aliphatic heterocycles. The number of nitrogens with zero attached hydrogens (tertiary/aromatic N) is 3.